The van der Waals surface area contributed by atoms with Crippen LogP contribution in [0.5, 0.6) is 0 Å². The van der Waals surface area contributed by atoms with Crippen LogP contribution in [0.25, 0.3) is 0 Å². The number of hydrogen-bond acceptors (Lipinski definition) is 4. The summed E-state index contributed by atoms with van der Waals surface area (Å²) >= 11 is -3.90. The fourth-order valence-corrected chi connectivity index (χ4v) is 14.1. The summed E-state index contributed by atoms with van der Waals surface area (Å²) in [6, 6.07) is 0. The van der Waals surface area contributed by atoms with Crippen molar-refractivity contribution in [2.45, 2.75) is 46.1 Å². The summed E-state index contributed by atoms with van der Waals surface area (Å²) in [5, 5.41) is 0. The van der Waals surface area contributed by atoms with Gasteiger partial charge in [0.1, 0.15) is 0 Å². The summed E-state index contributed by atoms with van der Waals surface area (Å²) in [4.78, 5) is 0. The maximum atomic E-state index is 5.89. The molecule has 3 atom stereocenters. The van der Waals surface area contributed by atoms with E-state index in [0.717, 1.165) is 23.4 Å². The predicted molar refractivity (Wildman–Crippen MR) is 57.8 cm³/mol. The van der Waals surface area contributed by atoms with Gasteiger partial charge in [-0.1, -0.05) is 0 Å². The number of fused-ring (bicyclic) bond motifs is 1. The average Bonchev–Trinajstić information content (AvgIpc) is 3.12. The van der Waals surface area contributed by atoms with Crippen molar-refractivity contribution in [1.29, 1.82) is 0 Å². The molecule has 2 fully saturated rings. The van der Waals surface area contributed by atoms with Crippen molar-refractivity contribution in [2.24, 2.45) is 0 Å². The molecule has 0 bridgehead atoms. The van der Waals surface area contributed by atoms with Gasteiger partial charge in [-0.05, 0) is 0 Å². The fraction of sp³-hybridized carbons (Fsp3) is 1.00. The van der Waals surface area contributed by atoms with Gasteiger partial charge in [0.2, 0.25) is 0 Å². The molecule has 2 aliphatic rings. The molecule has 95 valence electrons. The molecule has 0 aromatic heterocycles. The van der Waals surface area contributed by atoms with E-state index in [4.69, 9.17) is 13.2 Å². The summed E-state index contributed by atoms with van der Waals surface area (Å²) in [6.45, 7) is 2.13. The maximum absolute atomic E-state index is 5.89. The van der Waals surface area contributed by atoms with Crippen LogP contribution in [0.2, 0.25) is 7.75 Å². The van der Waals surface area contributed by atoms with Crippen LogP contribution in [0.15, 0.2) is 0 Å². The normalized spacial score (nSPS) is 36.2. The first-order chi connectivity index (χ1) is 7.63. The molecular weight excluding hydrogens is 287 g/mol. The monoisotopic (exact) mass is 309 g/mol. The van der Waals surface area contributed by atoms with Crippen LogP contribution in [-0.2, 0) is 33.3 Å². The Morgan fingerprint density at radius 2 is 1.69 bits per heavy atom. The quantitative estimate of drug-likeness (QED) is 0.732. The Bertz CT molecular complexity index is 243. The van der Waals surface area contributed by atoms with E-state index >= 15 is 0 Å². The summed E-state index contributed by atoms with van der Waals surface area (Å²) in [5.41, 5.74) is 0. The van der Waals surface area contributed by atoms with Crippen LogP contribution in [0.1, 0.15) is 26.2 Å². The molecule has 3 unspecified atom stereocenters. The van der Waals surface area contributed by atoms with E-state index in [2.05, 4.69) is 6.92 Å². The first kappa shape index (κ1) is 13.2. The van der Waals surface area contributed by atoms with Crippen LogP contribution in [0.4, 0.5) is 0 Å². The van der Waals surface area contributed by atoms with Crippen LogP contribution in [0.3, 0.4) is 0 Å². The van der Waals surface area contributed by atoms with Crippen molar-refractivity contribution < 1.29 is 33.3 Å². The Kier molecular flexibility index (Phi) is 3.65. The molecule has 5 heteroatoms. The predicted octanol–water partition coefficient (Wildman–Crippen LogP) is 2.54. The van der Waals surface area contributed by atoms with Crippen molar-refractivity contribution in [1.82, 2.24) is 0 Å². The molecule has 0 N–H and O–H groups in total. The number of rotatable bonds is 5. The van der Waals surface area contributed by atoms with Crippen LogP contribution in [-0.4, -0.2) is 33.5 Å². The molecule has 4 nitrogen and oxygen atoms in total. The Morgan fingerprint density at radius 3 is 2.12 bits per heavy atom. The topological polar surface area (TPSA) is 40.2 Å². The molecule has 0 radical (unpaired) electrons. The van der Waals surface area contributed by atoms with E-state index in [1.807, 2.05) is 0 Å². The van der Waals surface area contributed by atoms with E-state index in [9.17, 15) is 0 Å². The van der Waals surface area contributed by atoms with Gasteiger partial charge in [-0.3, -0.25) is 0 Å². The Balaban J connectivity index is 2.22. The number of epoxide rings is 1. The van der Waals surface area contributed by atoms with E-state index in [1.54, 1.807) is 21.3 Å². The van der Waals surface area contributed by atoms with Gasteiger partial charge in [0.05, 0.1) is 0 Å². The standard InChI is InChI=1S/C6H9O.C2H5.3CH3O.Zr/c1-2-4-6-5(3-1)7-6;4*1-2;/h1,5-6H,2-4H2;1H2,2H3;3*1H3;/q;;3*-1;+3. The van der Waals surface area contributed by atoms with E-state index in [0.29, 0.717) is 15.8 Å². The van der Waals surface area contributed by atoms with Gasteiger partial charge in [0.25, 0.3) is 0 Å². The van der Waals surface area contributed by atoms with Crippen molar-refractivity contribution in [3.8, 4) is 0 Å². The average molecular weight is 311 g/mol. The first-order valence-electron chi connectivity index (χ1n) is 6.12. The van der Waals surface area contributed by atoms with Gasteiger partial charge in [0.15, 0.2) is 0 Å². The van der Waals surface area contributed by atoms with Crippen molar-refractivity contribution in [3.63, 3.8) is 0 Å². The van der Waals surface area contributed by atoms with Gasteiger partial charge in [-0.15, -0.1) is 0 Å². The zero-order chi connectivity index (χ0) is 11.8. The molecule has 0 amide bonds. The minimum atomic E-state index is -3.90. The number of hydrogen-bond donors (Lipinski definition) is 0. The van der Waals surface area contributed by atoms with E-state index in [-0.39, 0.29) is 0 Å². The minimum absolute atomic E-state index is 0.440. The zero-order valence-corrected chi connectivity index (χ0v) is 13.2. The van der Waals surface area contributed by atoms with Gasteiger partial charge in [-0.2, -0.15) is 0 Å². The van der Waals surface area contributed by atoms with Crippen molar-refractivity contribution in [3.05, 3.63) is 0 Å². The van der Waals surface area contributed by atoms with Gasteiger partial charge in [0, 0.05) is 0 Å². The molecule has 2 rings (SSSR count). The SMILES string of the molecule is C[CH2][Zr]([O]C)([O]C)([O]C)[CH]1CCC2OC2C1. The molecule has 1 heterocycles. The van der Waals surface area contributed by atoms with Gasteiger partial charge in [-0.25, -0.2) is 0 Å². The molecule has 1 saturated heterocycles. The Morgan fingerprint density at radius 1 is 1.06 bits per heavy atom. The number of ether oxygens (including phenoxy) is 1. The molecule has 1 aliphatic heterocycles. The molecule has 0 spiro atoms. The van der Waals surface area contributed by atoms with Crippen molar-refractivity contribution >= 4 is 0 Å². The third kappa shape index (κ3) is 1.76. The Hall–Kier alpha value is 0.723. The summed E-state index contributed by atoms with van der Waals surface area (Å²) in [5.74, 6) is 0. The second kappa shape index (κ2) is 4.43. The summed E-state index contributed by atoms with van der Waals surface area (Å²) in [6.07, 6.45) is 4.27. The fourth-order valence-electron chi connectivity index (χ4n) is 3.38. The van der Waals surface area contributed by atoms with Gasteiger partial charge >= 0.3 is 101 Å². The van der Waals surface area contributed by atoms with Crippen LogP contribution >= 0.6 is 0 Å². The van der Waals surface area contributed by atoms with Gasteiger partial charge < -0.3 is 0 Å². The molecule has 0 aromatic carbocycles. The van der Waals surface area contributed by atoms with E-state index in [1.165, 1.54) is 0 Å². The molecule has 0 aromatic rings. The molecule has 1 saturated carbocycles. The van der Waals surface area contributed by atoms with E-state index < -0.39 is 20.1 Å². The van der Waals surface area contributed by atoms with Crippen LogP contribution < -0.4 is 0 Å². The second-order valence-electron chi connectivity index (χ2n) is 4.93. The summed E-state index contributed by atoms with van der Waals surface area (Å²) < 4.78 is 24.6. The zero-order valence-electron chi connectivity index (χ0n) is 10.7. The summed E-state index contributed by atoms with van der Waals surface area (Å²) in [7, 11) is 5.25. The third-order valence-electron chi connectivity index (χ3n) is 4.72. The third-order valence-corrected chi connectivity index (χ3v) is 19.3. The first-order valence-corrected chi connectivity index (χ1v) is 12.3. The van der Waals surface area contributed by atoms with Crippen molar-refractivity contribution in [2.75, 3.05) is 21.3 Å². The van der Waals surface area contributed by atoms with Crippen LogP contribution in [0, 0.1) is 0 Å². The molecular formula is C11H23O4Zr. The second-order valence-corrected chi connectivity index (χ2v) is 17.8. The Labute approximate surface area is 101 Å². The molecule has 16 heavy (non-hydrogen) atoms. The molecule has 1 aliphatic carbocycles.